The Morgan fingerprint density at radius 1 is 0.750 bits per heavy atom. The number of benzene rings is 2. The van der Waals surface area contributed by atoms with Crippen LogP contribution in [-0.4, -0.2) is 17.5 Å². The Hall–Kier alpha value is -2.75. The van der Waals surface area contributed by atoms with Gasteiger partial charge in [0.1, 0.15) is 0 Å². The van der Waals surface area contributed by atoms with Crippen molar-refractivity contribution < 1.29 is 14.4 Å². The van der Waals surface area contributed by atoms with Crippen molar-refractivity contribution in [2.24, 2.45) is 0 Å². The van der Waals surface area contributed by atoms with Gasteiger partial charge in [0.25, 0.3) is 0 Å². The first kappa shape index (κ1) is 13.7. The van der Waals surface area contributed by atoms with Crippen LogP contribution in [0.15, 0.2) is 54.6 Å². The third-order valence-electron chi connectivity index (χ3n) is 2.71. The highest BCUT2D eigenvalue weighted by Gasteiger charge is 2.17. The van der Waals surface area contributed by atoms with E-state index in [1.807, 2.05) is 0 Å². The molecule has 0 aromatic heterocycles. The van der Waals surface area contributed by atoms with E-state index in [9.17, 15) is 14.4 Å². The predicted molar refractivity (Wildman–Crippen MR) is 75.8 cm³/mol. The average Bonchev–Trinajstić information content (AvgIpc) is 2.47. The van der Waals surface area contributed by atoms with Crippen LogP contribution in [0, 0.1) is 0 Å². The lowest BCUT2D eigenvalue weighted by atomic mass is 10.0. The molecule has 0 bridgehead atoms. The van der Waals surface area contributed by atoms with Crippen LogP contribution in [0.5, 0.6) is 0 Å². The molecule has 2 rings (SSSR count). The summed E-state index contributed by atoms with van der Waals surface area (Å²) in [6, 6.07) is 14.6. The molecule has 0 aliphatic heterocycles. The minimum Gasteiger partial charge on any atom is -0.326 e. The molecule has 0 aliphatic carbocycles. The summed E-state index contributed by atoms with van der Waals surface area (Å²) in [6.07, 6.45) is 0. The molecular formula is C16H13NO3. The molecule has 4 nitrogen and oxygen atoms in total. The SMILES string of the molecule is CC(=O)Nc1ccc(C(=O)C(=O)c2ccccc2)cc1. The zero-order valence-electron chi connectivity index (χ0n) is 10.9. The molecule has 20 heavy (non-hydrogen) atoms. The van der Waals surface area contributed by atoms with E-state index in [1.54, 1.807) is 42.5 Å². The molecule has 1 N–H and O–H groups in total. The van der Waals surface area contributed by atoms with E-state index >= 15 is 0 Å². The number of anilines is 1. The Labute approximate surface area is 116 Å². The summed E-state index contributed by atoms with van der Waals surface area (Å²) in [4.78, 5) is 34.9. The first-order valence-electron chi connectivity index (χ1n) is 6.09. The van der Waals surface area contributed by atoms with E-state index in [0.717, 1.165) is 0 Å². The molecule has 0 spiro atoms. The second-order valence-electron chi connectivity index (χ2n) is 4.28. The summed E-state index contributed by atoms with van der Waals surface area (Å²) in [5.41, 5.74) is 1.25. The van der Waals surface area contributed by atoms with Crippen molar-refractivity contribution in [3.63, 3.8) is 0 Å². The molecule has 1 amide bonds. The second kappa shape index (κ2) is 5.93. The predicted octanol–water partition coefficient (Wildman–Crippen LogP) is 2.71. The van der Waals surface area contributed by atoms with Gasteiger partial charge in [-0.05, 0) is 24.3 Å². The summed E-state index contributed by atoms with van der Waals surface area (Å²) in [5.74, 6) is -1.30. The number of Topliss-reactive ketones (excluding diaryl/α,β-unsaturated/α-hetero) is 2. The number of carbonyl (C=O) groups is 3. The van der Waals surface area contributed by atoms with Crippen molar-refractivity contribution in [1.82, 2.24) is 0 Å². The number of ketones is 2. The smallest absolute Gasteiger partial charge is 0.233 e. The Balaban J connectivity index is 2.17. The van der Waals surface area contributed by atoms with E-state index in [2.05, 4.69) is 5.32 Å². The number of hydrogen-bond donors (Lipinski definition) is 1. The summed E-state index contributed by atoms with van der Waals surface area (Å²) < 4.78 is 0. The summed E-state index contributed by atoms with van der Waals surface area (Å²) >= 11 is 0. The number of carbonyl (C=O) groups excluding carboxylic acids is 3. The maximum atomic E-state index is 12.0. The fraction of sp³-hybridized carbons (Fsp3) is 0.0625. The van der Waals surface area contributed by atoms with Gasteiger partial charge in [-0.2, -0.15) is 0 Å². The van der Waals surface area contributed by atoms with Gasteiger partial charge in [-0.1, -0.05) is 30.3 Å². The van der Waals surface area contributed by atoms with Gasteiger partial charge >= 0.3 is 0 Å². The molecular weight excluding hydrogens is 254 g/mol. The quantitative estimate of drug-likeness (QED) is 0.684. The fourth-order valence-corrected chi connectivity index (χ4v) is 1.76. The summed E-state index contributed by atoms with van der Waals surface area (Å²) in [6.45, 7) is 1.40. The van der Waals surface area contributed by atoms with Crippen LogP contribution in [0.4, 0.5) is 5.69 Å². The molecule has 0 atom stereocenters. The Morgan fingerprint density at radius 2 is 1.25 bits per heavy atom. The number of nitrogens with one attached hydrogen (secondary N) is 1. The Bertz CT molecular complexity index is 645. The van der Waals surface area contributed by atoms with Crippen molar-refractivity contribution in [1.29, 1.82) is 0 Å². The molecule has 4 heteroatoms. The minimum absolute atomic E-state index is 0.190. The molecule has 2 aromatic carbocycles. The van der Waals surface area contributed by atoms with Crippen LogP contribution < -0.4 is 5.32 Å². The van der Waals surface area contributed by atoms with Gasteiger partial charge in [-0.15, -0.1) is 0 Å². The van der Waals surface area contributed by atoms with Crippen molar-refractivity contribution in [2.45, 2.75) is 6.92 Å². The number of rotatable bonds is 4. The van der Waals surface area contributed by atoms with E-state index in [-0.39, 0.29) is 5.91 Å². The zero-order valence-corrected chi connectivity index (χ0v) is 10.9. The van der Waals surface area contributed by atoms with E-state index < -0.39 is 11.6 Å². The van der Waals surface area contributed by atoms with Gasteiger partial charge in [-0.25, -0.2) is 0 Å². The lowest BCUT2D eigenvalue weighted by Crippen LogP contribution is -2.14. The lowest BCUT2D eigenvalue weighted by molar-refractivity contribution is -0.114. The monoisotopic (exact) mass is 267 g/mol. The average molecular weight is 267 g/mol. The zero-order chi connectivity index (χ0) is 14.5. The van der Waals surface area contributed by atoms with E-state index in [0.29, 0.717) is 16.8 Å². The molecule has 0 saturated heterocycles. The third-order valence-corrected chi connectivity index (χ3v) is 2.71. The van der Waals surface area contributed by atoms with Gasteiger partial charge in [0.05, 0.1) is 0 Å². The highest BCUT2D eigenvalue weighted by molar-refractivity contribution is 6.49. The standard InChI is InChI=1S/C16H13NO3/c1-11(18)17-14-9-7-13(8-10-14)16(20)15(19)12-5-3-2-4-6-12/h2-10H,1H3,(H,17,18). The third kappa shape index (κ3) is 3.17. The van der Waals surface area contributed by atoms with Crippen LogP contribution in [0.25, 0.3) is 0 Å². The first-order chi connectivity index (χ1) is 9.58. The van der Waals surface area contributed by atoms with Crippen LogP contribution in [0.3, 0.4) is 0 Å². The molecule has 0 unspecified atom stereocenters. The van der Waals surface area contributed by atoms with Crippen LogP contribution >= 0.6 is 0 Å². The first-order valence-corrected chi connectivity index (χ1v) is 6.09. The molecule has 2 aromatic rings. The highest BCUT2D eigenvalue weighted by Crippen LogP contribution is 2.12. The fourth-order valence-electron chi connectivity index (χ4n) is 1.76. The van der Waals surface area contributed by atoms with Crippen molar-refractivity contribution in [3.05, 3.63) is 65.7 Å². The Morgan fingerprint density at radius 3 is 1.75 bits per heavy atom. The summed E-state index contributed by atoms with van der Waals surface area (Å²) in [5, 5.41) is 2.60. The van der Waals surface area contributed by atoms with Crippen molar-refractivity contribution in [2.75, 3.05) is 5.32 Å². The maximum Gasteiger partial charge on any atom is 0.233 e. The minimum atomic E-state index is -0.564. The van der Waals surface area contributed by atoms with Crippen LogP contribution in [-0.2, 0) is 4.79 Å². The molecule has 0 aliphatic rings. The van der Waals surface area contributed by atoms with Gasteiger partial charge in [0.15, 0.2) is 0 Å². The van der Waals surface area contributed by atoms with Crippen LogP contribution in [0.2, 0.25) is 0 Å². The van der Waals surface area contributed by atoms with Gasteiger partial charge < -0.3 is 5.32 Å². The van der Waals surface area contributed by atoms with Gasteiger partial charge in [0.2, 0.25) is 17.5 Å². The summed E-state index contributed by atoms with van der Waals surface area (Å²) in [7, 11) is 0. The van der Waals surface area contributed by atoms with E-state index in [4.69, 9.17) is 0 Å². The molecule has 100 valence electrons. The lowest BCUT2D eigenvalue weighted by Gasteiger charge is -2.04. The highest BCUT2D eigenvalue weighted by atomic mass is 16.2. The number of hydrogen-bond acceptors (Lipinski definition) is 3. The van der Waals surface area contributed by atoms with Crippen LogP contribution in [0.1, 0.15) is 27.6 Å². The molecule has 0 heterocycles. The number of amides is 1. The molecule has 0 radical (unpaired) electrons. The van der Waals surface area contributed by atoms with Gasteiger partial charge in [-0.3, -0.25) is 14.4 Å². The normalized spacial score (nSPS) is 9.85. The van der Waals surface area contributed by atoms with Crippen molar-refractivity contribution in [3.8, 4) is 0 Å². The molecule has 0 saturated carbocycles. The van der Waals surface area contributed by atoms with Gasteiger partial charge in [0, 0.05) is 23.7 Å². The Kier molecular flexibility index (Phi) is 4.05. The van der Waals surface area contributed by atoms with E-state index in [1.165, 1.54) is 19.1 Å². The topological polar surface area (TPSA) is 63.2 Å². The maximum absolute atomic E-state index is 12.0. The second-order valence-corrected chi connectivity index (χ2v) is 4.28. The largest absolute Gasteiger partial charge is 0.326 e. The van der Waals surface area contributed by atoms with Crippen molar-refractivity contribution >= 4 is 23.2 Å². The molecule has 0 fully saturated rings.